The van der Waals surface area contributed by atoms with E-state index in [0.717, 1.165) is 26.2 Å². The van der Waals surface area contributed by atoms with Crippen molar-refractivity contribution < 1.29 is 9.53 Å². The summed E-state index contributed by atoms with van der Waals surface area (Å²) in [5, 5.41) is 5.19. The Kier molecular flexibility index (Phi) is 3.56. The molecule has 5 nitrogen and oxygen atoms in total. The first-order valence-corrected chi connectivity index (χ1v) is 5.61. The molecule has 5 heteroatoms. The largest absolute Gasteiger partial charge is 0.379 e. The number of nitrogens with zero attached hydrogens (tertiary/aromatic N) is 1. The molecular weight excluding hydrogens is 194 g/mol. The predicted octanol–water partition coefficient (Wildman–Crippen LogP) is -0.795. The molecule has 2 unspecified atom stereocenters. The summed E-state index contributed by atoms with van der Waals surface area (Å²) >= 11 is 0. The van der Waals surface area contributed by atoms with Gasteiger partial charge in [-0.1, -0.05) is 6.92 Å². The molecule has 2 heterocycles. The molecule has 2 aliphatic rings. The first-order valence-electron chi connectivity index (χ1n) is 5.61. The Balaban J connectivity index is 1.80. The van der Waals surface area contributed by atoms with Crippen molar-refractivity contribution in [3.8, 4) is 0 Å². The number of carbonyl (C=O) groups is 1. The number of morpholine rings is 1. The molecule has 0 aromatic heterocycles. The van der Waals surface area contributed by atoms with Gasteiger partial charge in [-0.15, -0.1) is 0 Å². The van der Waals surface area contributed by atoms with Crippen molar-refractivity contribution in [1.29, 1.82) is 0 Å². The van der Waals surface area contributed by atoms with Crippen molar-refractivity contribution in [3.05, 3.63) is 0 Å². The lowest BCUT2D eigenvalue weighted by atomic mass is 9.98. The maximum absolute atomic E-state index is 11.9. The molecule has 2 aliphatic heterocycles. The Morgan fingerprint density at radius 2 is 2.13 bits per heavy atom. The molecule has 2 fully saturated rings. The van der Waals surface area contributed by atoms with Crippen LogP contribution >= 0.6 is 0 Å². The van der Waals surface area contributed by atoms with Gasteiger partial charge in [-0.25, -0.2) is 5.01 Å². The number of ether oxygens (including phenoxy) is 1. The highest BCUT2D eigenvalue weighted by Crippen LogP contribution is 2.15. The van der Waals surface area contributed by atoms with E-state index in [9.17, 15) is 4.79 Å². The van der Waals surface area contributed by atoms with Crippen molar-refractivity contribution >= 4 is 5.91 Å². The van der Waals surface area contributed by atoms with Crippen LogP contribution in [0.25, 0.3) is 0 Å². The second kappa shape index (κ2) is 4.92. The molecule has 86 valence electrons. The van der Waals surface area contributed by atoms with Crippen molar-refractivity contribution in [3.63, 3.8) is 0 Å². The van der Waals surface area contributed by atoms with Crippen LogP contribution in [0.2, 0.25) is 0 Å². The van der Waals surface area contributed by atoms with Crippen molar-refractivity contribution in [2.24, 2.45) is 11.8 Å². The van der Waals surface area contributed by atoms with Crippen molar-refractivity contribution in [2.75, 3.05) is 39.4 Å². The number of nitrogens with one attached hydrogen (secondary N) is 2. The third-order valence-corrected chi connectivity index (χ3v) is 3.13. The Hall–Kier alpha value is -0.650. The number of rotatable bonds is 2. The lowest BCUT2D eigenvalue weighted by Gasteiger charge is -2.28. The van der Waals surface area contributed by atoms with Gasteiger partial charge in [0.2, 0.25) is 5.91 Å². The average Bonchev–Trinajstić information content (AvgIpc) is 2.66. The molecule has 2 saturated heterocycles. The first kappa shape index (κ1) is 10.9. The molecule has 1 amide bonds. The Morgan fingerprint density at radius 1 is 1.40 bits per heavy atom. The highest BCUT2D eigenvalue weighted by molar-refractivity contribution is 5.79. The second-order valence-electron chi connectivity index (χ2n) is 4.32. The second-order valence-corrected chi connectivity index (χ2v) is 4.32. The fraction of sp³-hybridized carbons (Fsp3) is 0.900. The molecule has 2 atom stereocenters. The van der Waals surface area contributed by atoms with Crippen LogP contribution in [-0.4, -0.2) is 50.3 Å². The predicted molar refractivity (Wildman–Crippen MR) is 56.1 cm³/mol. The van der Waals surface area contributed by atoms with E-state index in [1.54, 1.807) is 0 Å². The lowest BCUT2D eigenvalue weighted by molar-refractivity contribution is -0.132. The topological polar surface area (TPSA) is 53.6 Å². The van der Waals surface area contributed by atoms with Crippen LogP contribution in [0.3, 0.4) is 0 Å². The van der Waals surface area contributed by atoms with Crippen LogP contribution in [0, 0.1) is 11.8 Å². The quantitative estimate of drug-likeness (QED) is 0.631. The molecule has 0 spiro atoms. The SMILES string of the molecule is CC1CNCC1C(=O)NN1CCOCC1. The van der Waals surface area contributed by atoms with Crippen LogP contribution < -0.4 is 10.7 Å². The zero-order chi connectivity index (χ0) is 10.7. The minimum atomic E-state index is 0.118. The summed E-state index contributed by atoms with van der Waals surface area (Å²) in [6.45, 7) is 6.86. The van der Waals surface area contributed by atoms with Crippen LogP contribution in [-0.2, 0) is 9.53 Å². The minimum absolute atomic E-state index is 0.118. The van der Waals surface area contributed by atoms with Crippen LogP contribution in [0.4, 0.5) is 0 Å². The highest BCUT2D eigenvalue weighted by Gasteiger charge is 2.30. The van der Waals surface area contributed by atoms with E-state index in [1.807, 2.05) is 5.01 Å². The summed E-state index contributed by atoms with van der Waals surface area (Å²) in [5.74, 6) is 0.702. The summed E-state index contributed by atoms with van der Waals surface area (Å²) in [6, 6.07) is 0. The molecule has 2 rings (SSSR count). The molecule has 0 radical (unpaired) electrons. The van der Waals surface area contributed by atoms with Gasteiger partial charge >= 0.3 is 0 Å². The summed E-state index contributed by atoms with van der Waals surface area (Å²) < 4.78 is 5.22. The minimum Gasteiger partial charge on any atom is -0.379 e. The number of amides is 1. The fourth-order valence-corrected chi connectivity index (χ4v) is 2.07. The van der Waals surface area contributed by atoms with E-state index in [4.69, 9.17) is 4.74 Å². The summed E-state index contributed by atoms with van der Waals surface area (Å²) in [6.07, 6.45) is 0. The van der Waals surface area contributed by atoms with Crippen molar-refractivity contribution in [2.45, 2.75) is 6.92 Å². The summed E-state index contributed by atoms with van der Waals surface area (Å²) in [7, 11) is 0. The normalized spacial score (nSPS) is 32.9. The van der Waals surface area contributed by atoms with E-state index in [-0.39, 0.29) is 11.8 Å². The molecule has 0 aromatic carbocycles. The van der Waals surface area contributed by atoms with E-state index in [0.29, 0.717) is 19.1 Å². The molecule has 0 aromatic rings. The third-order valence-electron chi connectivity index (χ3n) is 3.13. The van der Waals surface area contributed by atoms with Crippen molar-refractivity contribution in [1.82, 2.24) is 15.8 Å². The summed E-state index contributed by atoms with van der Waals surface area (Å²) in [4.78, 5) is 11.9. The molecule has 0 bridgehead atoms. The molecule has 0 saturated carbocycles. The number of hydrazine groups is 1. The van der Waals surface area contributed by atoms with E-state index < -0.39 is 0 Å². The summed E-state index contributed by atoms with van der Waals surface area (Å²) in [5.41, 5.74) is 2.97. The van der Waals surface area contributed by atoms with E-state index >= 15 is 0 Å². The van der Waals surface area contributed by atoms with Gasteiger partial charge in [-0.3, -0.25) is 10.2 Å². The van der Waals surface area contributed by atoms with Crippen LogP contribution in [0.1, 0.15) is 6.92 Å². The molecule has 0 aliphatic carbocycles. The maximum atomic E-state index is 11.9. The Labute approximate surface area is 90.1 Å². The highest BCUT2D eigenvalue weighted by atomic mass is 16.5. The van der Waals surface area contributed by atoms with Gasteiger partial charge in [0.25, 0.3) is 0 Å². The molecule has 2 N–H and O–H groups in total. The average molecular weight is 213 g/mol. The number of hydrogen-bond donors (Lipinski definition) is 2. The van der Waals surface area contributed by atoms with Crippen LogP contribution in [0.5, 0.6) is 0 Å². The van der Waals surface area contributed by atoms with Gasteiger partial charge < -0.3 is 10.1 Å². The van der Waals surface area contributed by atoms with E-state index in [1.165, 1.54) is 0 Å². The van der Waals surface area contributed by atoms with Gasteiger partial charge in [0, 0.05) is 19.6 Å². The smallest absolute Gasteiger partial charge is 0.238 e. The maximum Gasteiger partial charge on any atom is 0.238 e. The van der Waals surface area contributed by atoms with Gasteiger partial charge in [0.15, 0.2) is 0 Å². The third kappa shape index (κ3) is 2.68. The number of carbonyl (C=O) groups excluding carboxylic acids is 1. The van der Waals surface area contributed by atoms with E-state index in [2.05, 4.69) is 17.7 Å². The fourth-order valence-electron chi connectivity index (χ4n) is 2.07. The van der Waals surface area contributed by atoms with Gasteiger partial charge in [-0.05, 0) is 12.5 Å². The zero-order valence-electron chi connectivity index (χ0n) is 9.16. The Morgan fingerprint density at radius 3 is 2.73 bits per heavy atom. The zero-order valence-corrected chi connectivity index (χ0v) is 9.16. The number of hydrogen-bond acceptors (Lipinski definition) is 4. The molecular formula is C10H19N3O2. The van der Waals surface area contributed by atoms with Gasteiger partial charge in [0.05, 0.1) is 19.1 Å². The standard InChI is InChI=1S/C10H19N3O2/c1-8-6-11-7-9(8)10(14)12-13-2-4-15-5-3-13/h8-9,11H,2-7H2,1H3,(H,12,14). The van der Waals surface area contributed by atoms with Gasteiger partial charge in [-0.2, -0.15) is 0 Å². The lowest BCUT2D eigenvalue weighted by Crippen LogP contribution is -2.51. The van der Waals surface area contributed by atoms with Gasteiger partial charge in [0.1, 0.15) is 0 Å². The first-order chi connectivity index (χ1) is 7.27. The Bertz CT molecular complexity index is 229. The molecule has 15 heavy (non-hydrogen) atoms. The monoisotopic (exact) mass is 213 g/mol. The van der Waals surface area contributed by atoms with Crippen LogP contribution in [0.15, 0.2) is 0 Å².